The van der Waals surface area contributed by atoms with E-state index in [4.69, 9.17) is 11.6 Å². The number of anilines is 3. The molecule has 1 unspecified atom stereocenters. The van der Waals surface area contributed by atoms with Gasteiger partial charge in [0.1, 0.15) is 12.4 Å². The highest BCUT2D eigenvalue weighted by Gasteiger charge is 2.25. The lowest BCUT2D eigenvalue weighted by molar-refractivity contribution is -0.384. The topological polar surface area (TPSA) is 113 Å². The van der Waals surface area contributed by atoms with Crippen LogP contribution < -0.4 is 10.6 Å². The molecule has 3 rings (SSSR count). The summed E-state index contributed by atoms with van der Waals surface area (Å²) in [6.45, 7) is 0. The first-order chi connectivity index (χ1) is 12.5. The van der Waals surface area contributed by atoms with E-state index >= 15 is 0 Å². The maximum absolute atomic E-state index is 11.3. The van der Waals surface area contributed by atoms with Crippen LogP contribution >= 0.6 is 11.6 Å². The molecule has 0 bridgehead atoms. The summed E-state index contributed by atoms with van der Waals surface area (Å²) in [5.41, 5.74) is 0.420. The van der Waals surface area contributed by atoms with Gasteiger partial charge < -0.3 is 15.7 Å². The number of aliphatic hydroxyl groups is 1. The number of aliphatic hydroxyl groups excluding tert-OH is 1. The van der Waals surface area contributed by atoms with E-state index in [1.807, 2.05) is 0 Å². The Balaban J connectivity index is 1.79. The van der Waals surface area contributed by atoms with Crippen LogP contribution in [0.15, 0.2) is 30.5 Å². The van der Waals surface area contributed by atoms with Gasteiger partial charge in [-0.15, -0.1) is 0 Å². The SMILES string of the molecule is O=[N+]([O-])c1cnc(Nc2ccc(Cl)cc2)nc1NC(O)C1CCCCC1. The Hall–Kier alpha value is -2.45. The Bertz CT molecular complexity index is 765. The molecule has 0 aliphatic heterocycles. The van der Waals surface area contributed by atoms with Gasteiger partial charge >= 0.3 is 5.69 Å². The van der Waals surface area contributed by atoms with Crippen molar-refractivity contribution in [1.29, 1.82) is 0 Å². The van der Waals surface area contributed by atoms with Crippen LogP contribution in [0.2, 0.25) is 5.02 Å². The molecule has 26 heavy (non-hydrogen) atoms. The van der Waals surface area contributed by atoms with E-state index in [0.29, 0.717) is 10.7 Å². The van der Waals surface area contributed by atoms with Gasteiger partial charge in [0.2, 0.25) is 11.8 Å². The number of nitrogens with one attached hydrogen (secondary N) is 2. The molecule has 3 N–H and O–H groups in total. The first kappa shape index (κ1) is 18.3. The van der Waals surface area contributed by atoms with E-state index in [-0.39, 0.29) is 23.4 Å². The summed E-state index contributed by atoms with van der Waals surface area (Å²) in [6.07, 6.45) is 5.29. The molecule has 1 aliphatic carbocycles. The molecule has 0 saturated heterocycles. The van der Waals surface area contributed by atoms with Gasteiger partial charge in [0, 0.05) is 16.6 Å². The zero-order chi connectivity index (χ0) is 18.5. The number of halogens is 1. The van der Waals surface area contributed by atoms with Crippen molar-refractivity contribution in [2.45, 2.75) is 38.3 Å². The van der Waals surface area contributed by atoms with E-state index in [9.17, 15) is 15.2 Å². The molecular weight excluding hydrogens is 358 g/mol. The summed E-state index contributed by atoms with van der Waals surface area (Å²) < 4.78 is 0. The maximum atomic E-state index is 11.3. The van der Waals surface area contributed by atoms with Gasteiger partial charge in [-0.25, -0.2) is 4.98 Å². The fourth-order valence-electron chi connectivity index (χ4n) is 3.05. The predicted octanol–water partition coefficient (Wildman–Crippen LogP) is 4.09. The Morgan fingerprint density at radius 3 is 2.58 bits per heavy atom. The Kier molecular flexibility index (Phi) is 5.85. The zero-order valence-electron chi connectivity index (χ0n) is 14.1. The van der Waals surface area contributed by atoms with Crippen molar-refractivity contribution >= 4 is 34.7 Å². The van der Waals surface area contributed by atoms with Crippen LogP contribution in [0.25, 0.3) is 0 Å². The number of rotatable bonds is 6. The highest BCUT2D eigenvalue weighted by atomic mass is 35.5. The second-order valence-corrected chi connectivity index (χ2v) is 6.74. The summed E-state index contributed by atoms with van der Waals surface area (Å²) in [4.78, 5) is 18.8. The number of hydrogen-bond donors (Lipinski definition) is 3. The number of nitrogens with zero attached hydrogens (tertiary/aromatic N) is 3. The molecular formula is C17H20ClN5O3. The third-order valence-electron chi connectivity index (χ3n) is 4.45. The van der Waals surface area contributed by atoms with Gasteiger partial charge in [-0.3, -0.25) is 10.1 Å². The Morgan fingerprint density at radius 1 is 1.23 bits per heavy atom. The van der Waals surface area contributed by atoms with E-state index in [1.54, 1.807) is 24.3 Å². The van der Waals surface area contributed by atoms with Gasteiger partial charge in [0.25, 0.3) is 0 Å². The van der Waals surface area contributed by atoms with E-state index in [2.05, 4.69) is 20.6 Å². The molecule has 9 heteroatoms. The highest BCUT2D eigenvalue weighted by Crippen LogP contribution is 2.30. The van der Waals surface area contributed by atoms with Gasteiger partial charge in [-0.2, -0.15) is 4.98 Å². The first-order valence-electron chi connectivity index (χ1n) is 8.51. The fraction of sp³-hybridized carbons (Fsp3) is 0.412. The number of aromatic nitrogens is 2. The van der Waals surface area contributed by atoms with Crippen LogP contribution in [-0.2, 0) is 0 Å². The Labute approximate surface area is 155 Å². The van der Waals surface area contributed by atoms with Crippen molar-refractivity contribution in [3.05, 3.63) is 45.6 Å². The standard InChI is InChI=1S/C17H20ClN5O3/c18-12-6-8-13(9-7-12)20-17-19-10-14(23(25)26)15(22-17)21-16(24)11-4-2-1-3-5-11/h6-11,16,24H,1-5H2,(H2,19,20,21,22). The van der Waals surface area contributed by atoms with Crippen LogP contribution in [0.5, 0.6) is 0 Å². The lowest BCUT2D eigenvalue weighted by Gasteiger charge is -2.27. The lowest BCUT2D eigenvalue weighted by atomic mass is 9.88. The summed E-state index contributed by atoms with van der Waals surface area (Å²) in [7, 11) is 0. The molecule has 0 spiro atoms. The molecule has 138 valence electrons. The number of benzene rings is 1. The molecule has 1 atom stereocenters. The highest BCUT2D eigenvalue weighted by molar-refractivity contribution is 6.30. The van der Waals surface area contributed by atoms with Crippen molar-refractivity contribution in [2.24, 2.45) is 5.92 Å². The van der Waals surface area contributed by atoms with Crippen molar-refractivity contribution in [1.82, 2.24) is 9.97 Å². The largest absolute Gasteiger partial charge is 0.373 e. The van der Waals surface area contributed by atoms with Crippen LogP contribution in [-0.4, -0.2) is 26.2 Å². The van der Waals surface area contributed by atoms with Crippen LogP contribution in [0.4, 0.5) is 23.1 Å². The monoisotopic (exact) mass is 377 g/mol. The summed E-state index contributed by atoms with van der Waals surface area (Å²) >= 11 is 5.85. The lowest BCUT2D eigenvalue weighted by Crippen LogP contribution is -2.31. The van der Waals surface area contributed by atoms with Gasteiger partial charge in [-0.1, -0.05) is 30.9 Å². The average molecular weight is 378 g/mol. The molecule has 1 heterocycles. The second kappa shape index (κ2) is 8.29. The van der Waals surface area contributed by atoms with Crippen molar-refractivity contribution in [2.75, 3.05) is 10.6 Å². The smallest absolute Gasteiger partial charge is 0.329 e. The normalized spacial score (nSPS) is 16.1. The molecule has 0 amide bonds. The zero-order valence-corrected chi connectivity index (χ0v) is 14.8. The van der Waals surface area contributed by atoms with Gasteiger partial charge in [0.05, 0.1) is 4.92 Å². The van der Waals surface area contributed by atoms with E-state index < -0.39 is 11.2 Å². The number of hydrogen-bond acceptors (Lipinski definition) is 7. The van der Waals surface area contributed by atoms with Crippen LogP contribution in [0, 0.1) is 16.0 Å². The average Bonchev–Trinajstić information content (AvgIpc) is 2.64. The third kappa shape index (κ3) is 4.59. The first-order valence-corrected chi connectivity index (χ1v) is 8.89. The minimum Gasteiger partial charge on any atom is -0.373 e. The van der Waals surface area contributed by atoms with Crippen molar-refractivity contribution < 1.29 is 10.0 Å². The fourth-order valence-corrected chi connectivity index (χ4v) is 3.17. The third-order valence-corrected chi connectivity index (χ3v) is 4.70. The number of nitro groups is 1. The van der Waals surface area contributed by atoms with Crippen LogP contribution in [0.3, 0.4) is 0 Å². The Morgan fingerprint density at radius 2 is 1.92 bits per heavy atom. The molecule has 1 fully saturated rings. The molecule has 1 saturated carbocycles. The van der Waals surface area contributed by atoms with Crippen molar-refractivity contribution in [3.63, 3.8) is 0 Å². The summed E-state index contributed by atoms with van der Waals surface area (Å²) in [5.74, 6) is 0.252. The van der Waals surface area contributed by atoms with E-state index in [1.165, 1.54) is 0 Å². The van der Waals surface area contributed by atoms with Gasteiger partial charge in [-0.05, 0) is 37.1 Å². The molecule has 2 aromatic rings. The molecule has 8 nitrogen and oxygen atoms in total. The van der Waals surface area contributed by atoms with Crippen molar-refractivity contribution in [3.8, 4) is 0 Å². The molecule has 1 aromatic carbocycles. The maximum Gasteiger partial charge on any atom is 0.329 e. The minimum atomic E-state index is -0.882. The quantitative estimate of drug-likeness (QED) is 0.394. The summed E-state index contributed by atoms with van der Waals surface area (Å²) in [5, 5.41) is 28.0. The summed E-state index contributed by atoms with van der Waals surface area (Å²) in [6, 6.07) is 6.91. The van der Waals surface area contributed by atoms with Gasteiger partial charge in [0.15, 0.2) is 0 Å². The predicted molar refractivity (Wildman–Crippen MR) is 99.6 cm³/mol. The van der Waals surface area contributed by atoms with E-state index in [0.717, 1.165) is 38.3 Å². The molecule has 1 aromatic heterocycles. The second-order valence-electron chi connectivity index (χ2n) is 6.30. The molecule has 0 radical (unpaired) electrons. The molecule has 1 aliphatic rings. The minimum absolute atomic E-state index is 0.000429. The van der Waals surface area contributed by atoms with Crippen LogP contribution in [0.1, 0.15) is 32.1 Å².